The second-order valence-electron chi connectivity index (χ2n) is 10.6. The number of benzene rings is 2. The van der Waals surface area contributed by atoms with Gasteiger partial charge in [0.15, 0.2) is 0 Å². The van der Waals surface area contributed by atoms with Gasteiger partial charge < -0.3 is 15.5 Å². The topological polar surface area (TPSA) is 72.4 Å². The lowest BCUT2D eigenvalue weighted by Gasteiger charge is -2.44. The summed E-state index contributed by atoms with van der Waals surface area (Å²) in [7, 11) is 0. The van der Waals surface area contributed by atoms with Crippen LogP contribution in [0.1, 0.15) is 49.4 Å². The Bertz CT molecular complexity index is 1280. The zero-order valence-electron chi connectivity index (χ0n) is 20.0. The van der Waals surface area contributed by atoms with Crippen LogP contribution in [0.15, 0.2) is 48.7 Å². The van der Waals surface area contributed by atoms with Crippen molar-refractivity contribution in [1.82, 2.24) is 9.88 Å². The first-order chi connectivity index (χ1) is 16.4. The molecule has 2 unspecified atom stereocenters. The molecule has 2 N–H and O–H groups in total. The van der Waals surface area contributed by atoms with E-state index in [9.17, 15) is 5.26 Å². The summed E-state index contributed by atoms with van der Waals surface area (Å²) in [5, 5.41) is 10.6. The van der Waals surface area contributed by atoms with Crippen LogP contribution < -0.4 is 15.5 Å². The van der Waals surface area contributed by atoms with Gasteiger partial charge in [0.2, 0.25) is 0 Å². The average Bonchev–Trinajstić information content (AvgIpc) is 3.22. The van der Waals surface area contributed by atoms with Crippen molar-refractivity contribution in [2.75, 3.05) is 36.0 Å². The summed E-state index contributed by atoms with van der Waals surface area (Å²) in [6.45, 7) is 9.50. The highest BCUT2D eigenvalue weighted by atomic mass is 15.3. The third-order valence-corrected chi connectivity index (χ3v) is 8.16. The van der Waals surface area contributed by atoms with Crippen LogP contribution in [0.5, 0.6) is 0 Å². The number of rotatable bonds is 2. The number of piperidine rings is 1. The van der Waals surface area contributed by atoms with Gasteiger partial charge in [-0.25, -0.2) is 0 Å². The smallest absolute Gasteiger partial charge is 0.101 e. The first-order valence-corrected chi connectivity index (χ1v) is 12.4. The molecule has 2 atom stereocenters. The van der Waals surface area contributed by atoms with E-state index in [2.05, 4.69) is 69.9 Å². The summed E-state index contributed by atoms with van der Waals surface area (Å²) in [6.07, 6.45) is 3.85. The van der Waals surface area contributed by atoms with Crippen LogP contribution in [0.4, 0.5) is 11.4 Å². The molecule has 0 bridgehead atoms. The molecule has 0 amide bonds. The largest absolute Gasteiger partial charge is 0.371 e. The van der Waals surface area contributed by atoms with Crippen molar-refractivity contribution in [3.05, 3.63) is 65.4 Å². The van der Waals surface area contributed by atoms with E-state index in [4.69, 9.17) is 5.73 Å². The van der Waals surface area contributed by atoms with Crippen molar-refractivity contribution >= 4 is 22.3 Å². The van der Waals surface area contributed by atoms with Gasteiger partial charge in [0.1, 0.15) is 6.07 Å². The van der Waals surface area contributed by atoms with E-state index in [0.29, 0.717) is 17.6 Å². The fourth-order valence-corrected chi connectivity index (χ4v) is 6.11. The van der Waals surface area contributed by atoms with Crippen molar-refractivity contribution in [2.45, 2.75) is 50.9 Å². The van der Waals surface area contributed by atoms with Crippen molar-refractivity contribution < 1.29 is 0 Å². The van der Waals surface area contributed by atoms with Crippen molar-refractivity contribution in [1.29, 1.82) is 5.26 Å². The van der Waals surface area contributed by atoms with Crippen molar-refractivity contribution in [3.63, 3.8) is 0 Å². The lowest BCUT2D eigenvalue weighted by atomic mass is 9.90. The van der Waals surface area contributed by atoms with Crippen LogP contribution in [-0.4, -0.2) is 47.6 Å². The van der Waals surface area contributed by atoms with Crippen molar-refractivity contribution in [3.8, 4) is 6.07 Å². The second kappa shape index (κ2) is 7.97. The molecule has 2 saturated heterocycles. The third-order valence-electron chi connectivity index (χ3n) is 8.16. The van der Waals surface area contributed by atoms with Gasteiger partial charge in [0.05, 0.1) is 17.1 Å². The van der Waals surface area contributed by atoms with Gasteiger partial charge in [-0.1, -0.05) is 6.07 Å². The Labute approximate surface area is 201 Å². The highest BCUT2D eigenvalue weighted by molar-refractivity contribution is 5.95. The number of nitriles is 1. The van der Waals surface area contributed by atoms with Crippen LogP contribution in [-0.2, 0) is 6.54 Å². The standard InChI is InChI=1S/C28H32N6/c1-19-16-33(25-8-5-20(15-29)27-24(25)4-3-11-31-27)18-26-23-7-6-22(14-21(23)17-34(19)26)32-12-9-28(2,30)10-13-32/h3-8,11,14,19,26H,9-10,12-13,16-18,30H2,1-2H3. The Hall–Kier alpha value is -3.14. The molecule has 0 aliphatic carbocycles. The van der Waals surface area contributed by atoms with E-state index in [1.54, 1.807) is 6.20 Å². The maximum Gasteiger partial charge on any atom is 0.101 e. The van der Waals surface area contributed by atoms with E-state index in [-0.39, 0.29) is 5.54 Å². The summed E-state index contributed by atoms with van der Waals surface area (Å²) in [5.74, 6) is 0. The quantitative estimate of drug-likeness (QED) is 0.629. The molecule has 3 aromatic rings. The molecule has 2 aromatic carbocycles. The highest BCUT2D eigenvalue weighted by Crippen LogP contribution is 2.42. The van der Waals surface area contributed by atoms with Crippen LogP contribution in [0.3, 0.4) is 0 Å². The molecule has 3 aliphatic heterocycles. The van der Waals surface area contributed by atoms with Gasteiger partial charge in [0, 0.05) is 67.3 Å². The molecule has 34 heavy (non-hydrogen) atoms. The maximum absolute atomic E-state index is 9.53. The number of nitrogens with two attached hydrogens (primary N) is 1. The van der Waals surface area contributed by atoms with E-state index in [1.165, 1.54) is 22.5 Å². The Kier molecular flexibility index (Phi) is 5.02. The molecule has 174 valence electrons. The lowest BCUT2D eigenvalue weighted by Crippen LogP contribution is -2.51. The number of anilines is 2. The monoisotopic (exact) mass is 452 g/mol. The number of hydrogen-bond donors (Lipinski definition) is 1. The normalized spacial score (nSPS) is 24.1. The van der Waals surface area contributed by atoms with Gasteiger partial charge >= 0.3 is 0 Å². The molecule has 6 nitrogen and oxygen atoms in total. The van der Waals surface area contributed by atoms with Crippen molar-refractivity contribution in [2.24, 2.45) is 5.73 Å². The minimum absolute atomic E-state index is 0.0299. The first kappa shape index (κ1) is 21.4. The molecular formula is C28H32N6. The number of nitrogens with zero attached hydrogens (tertiary/aromatic N) is 5. The fraction of sp³-hybridized carbons (Fsp3) is 0.429. The number of aromatic nitrogens is 1. The summed E-state index contributed by atoms with van der Waals surface area (Å²) in [5.41, 5.74) is 13.2. The molecule has 2 fully saturated rings. The average molecular weight is 453 g/mol. The van der Waals surface area contributed by atoms with Crippen LogP contribution in [0, 0.1) is 11.3 Å². The zero-order chi connectivity index (χ0) is 23.4. The molecule has 3 aliphatic rings. The van der Waals surface area contributed by atoms with Gasteiger partial charge in [-0.05, 0) is 74.2 Å². The Morgan fingerprint density at radius 3 is 2.71 bits per heavy atom. The molecule has 6 heteroatoms. The molecule has 0 saturated carbocycles. The Morgan fingerprint density at radius 1 is 1.09 bits per heavy atom. The summed E-state index contributed by atoms with van der Waals surface area (Å²) in [6, 6.07) is 18.3. The minimum Gasteiger partial charge on any atom is -0.371 e. The van der Waals surface area contributed by atoms with Gasteiger partial charge in [-0.3, -0.25) is 9.88 Å². The molecule has 0 radical (unpaired) electrons. The highest BCUT2D eigenvalue weighted by Gasteiger charge is 2.39. The number of hydrogen-bond acceptors (Lipinski definition) is 6. The summed E-state index contributed by atoms with van der Waals surface area (Å²) < 4.78 is 0. The molecule has 0 spiro atoms. The first-order valence-electron chi connectivity index (χ1n) is 12.4. The van der Waals surface area contributed by atoms with Gasteiger partial charge in [0.25, 0.3) is 0 Å². The Morgan fingerprint density at radius 2 is 1.91 bits per heavy atom. The van der Waals surface area contributed by atoms with E-state index in [0.717, 1.165) is 56.5 Å². The molecular weight excluding hydrogens is 420 g/mol. The Balaban J connectivity index is 1.29. The summed E-state index contributed by atoms with van der Waals surface area (Å²) >= 11 is 0. The third kappa shape index (κ3) is 3.51. The lowest BCUT2D eigenvalue weighted by molar-refractivity contribution is 0.134. The second-order valence-corrected chi connectivity index (χ2v) is 10.6. The SMILES string of the molecule is CC1CN(c2ccc(C#N)c3ncccc23)CC2c3ccc(N4CCC(C)(N)CC4)cc3CN12. The van der Waals surface area contributed by atoms with Gasteiger partial charge in [-0.2, -0.15) is 5.26 Å². The minimum atomic E-state index is -0.0299. The zero-order valence-corrected chi connectivity index (χ0v) is 20.0. The van der Waals surface area contributed by atoms with Crippen LogP contribution in [0.2, 0.25) is 0 Å². The molecule has 4 heterocycles. The van der Waals surface area contributed by atoms with Gasteiger partial charge in [-0.15, -0.1) is 0 Å². The number of fused-ring (bicyclic) bond motifs is 4. The fourth-order valence-electron chi connectivity index (χ4n) is 6.11. The summed E-state index contributed by atoms with van der Waals surface area (Å²) in [4.78, 5) is 12.2. The number of piperazine rings is 1. The number of pyridine rings is 1. The maximum atomic E-state index is 9.53. The van der Waals surface area contributed by atoms with E-state index >= 15 is 0 Å². The van der Waals surface area contributed by atoms with Crippen LogP contribution in [0.25, 0.3) is 10.9 Å². The molecule has 1 aromatic heterocycles. The molecule has 6 rings (SSSR count). The predicted molar refractivity (Wildman–Crippen MR) is 137 cm³/mol. The van der Waals surface area contributed by atoms with Crippen LogP contribution >= 0.6 is 0 Å². The van der Waals surface area contributed by atoms with E-state index in [1.807, 2.05) is 12.1 Å². The predicted octanol–water partition coefficient (Wildman–Crippen LogP) is 4.19. The van der Waals surface area contributed by atoms with E-state index < -0.39 is 0 Å².